The highest BCUT2D eigenvalue weighted by Gasteiger charge is 2.45. The quantitative estimate of drug-likeness (QED) is 0.805. The third-order valence-corrected chi connectivity index (χ3v) is 6.08. The molecular weight excluding hydrogens is 318 g/mol. The molecule has 136 valence electrons. The van der Waals surface area contributed by atoms with Crippen molar-refractivity contribution in [3.8, 4) is 0 Å². The van der Waals surface area contributed by atoms with Crippen LogP contribution >= 0.6 is 0 Å². The number of piperidine rings is 1. The first-order valence-electron chi connectivity index (χ1n) is 9.30. The number of hydrogen-bond donors (Lipinski definition) is 0. The van der Waals surface area contributed by atoms with Gasteiger partial charge in [0, 0.05) is 70.0 Å². The number of amides is 1. The molecule has 0 radical (unpaired) electrons. The molecule has 0 unspecified atom stereocenters. The van der Waals surface area contributed by atoms with Crippen molar-refractivity contribution in [1.82, 2.24) is 14.4 Å². The summed E-state index contributed by atoms with van der Waals surface area (Å²) in [6.45, 7) is 3.53. The van der Waals surface area contributed by atoms with E-state index in [0.29, 0.717) is 12.0 Å². The van der Waals surface area contributed by atoms with Gasteiger partial charge in [0.2, 0.25) is 5.91 Å². The molecule has 1 amide bonds. The highest BCUT2D eigenvalue weighted by molar-refractivity contribution is 5.80. The lowest BCUT2D eigenvalue weighted by molar-refractivity contribution is -0.136. The molecule has 4 heterocycles. The first kappa shape index (κ1) is 16.8. The predicted octanol–water partition coefficient (Wildman–Crippen LogP) is 1.08. The van der Waals surface area contributed by atoms with Crippen LogP contribution in [0.1, 0.15) is 36.9 Å². The average molecular weight is 345 g/mol. The highest BCUT2D eigenvalue weighted by atomic mass is 16.5. The van der Waals surface area contributed by atoms with Crippen molar-refractivity contribution in [1.29, 1.82) is 0 Å². The summed E-state index contributed by atoms with van der Waals surface area (Å²) in [5.41, 5.74) is 0.979. The standard InChI is InChI=1S/C19H27N3O3/c1-20(2)19(24)18-14-10-13(16-4-3-5-17(23)22(16)18)11-21(12-14)15-6-8-25-9-7-15/h3-5,13-15,18H,6-12H2,1-2H3/t13-,14+,18-/m1/s1. The van der Waals surface area contributed by atoms with Gasteiger partial charge in [0.15, 0.2) is 0 Å². The van der Waals surface area contributed by atoms with E-state index < -0.39 is 0 Å². The third kappa shape index (κ3) is 2.91. The van der Waals surface area contributed by atoms with Crippen LogP contribution in [0.25, 0.3) is 0 Å². The first-order valence-corrected chi connectivity index (χ1v) is 9.30. The summed E-state index contributed by atoms with van der Waals surface area (Å²) in [5, 5.41) is 0. The van der Waals surface area contributed by atoms with Crippen molar-refractivity contribution < 1.29 is 9.53 Å². The van der Waals surface area contributed by atoms with Crippen LogP contribution in [0, 0.1) is 5.92 Å². The number of carbonyl (C=O) groups excluding carboxylic acids is 1. The lowest BCUT2D eigenvalue weighted by Gasteiger charge is -2.49. The summed E-state index contributed by atoms with van der Waals surface area (Å²) in [4.78, 5) is 29.7. The summed E-state index contributed by atoms with van der Waals surface area (Å²) >= 11 is 0. The van der Waals surface area contributed by atoms with E-state index in [2.05, 4.69) is 4.90 Å². The molecule has 2 fully saturated rings. The van der Waals surface area contributed by atoms with E-state index in [9.17, 15) is 9.59 Å². The van der Waals surface area contributed by atoms with Gasteiger partial charge in [-0.2, -0.15) is 0 Å². The molecule has 2 bridgehead atoms. The summed E-state index contributed by atoms with van der Waals surface area (Å²) in [5.74, 6) is 0.567. The van der Waals surface area contributed by atoms with Crippen LogP contribution in [0.5, 0.6) is 0 Å². The Bertz CT molecular complexity index is 708. The Hall–Kier alpha value is -1.66. The number of pyridine rings is 1. The van der Waals surface area contributed by atoms with E-state index in [1.165, 1.54) is 0 Å². The fourth-order valence-electron chi connectivity index (χ4n) is 4.90. The van der Waals surface area contributed by atoms with Crippen molar-refractivity contribution in [3.63, 3.8) is 0 Å². The SMILES string of the molecule is CN(C)C(=O)[C@H]1[C@H]2C[C@H](CN(C3CCOCC3)C2)c2cccc(=O)n21. The average Bonchev–Trinajstić information content (AvgIpc) is 2.63. The van der Waals surface area contributed by atoms with Gasteiger partial charge in [-0.05, 0) is 25.3 Å². The Morgan fingerprint density at radius 3 is 2.68 bits per heavy atom. The van der Waals surface area contributed by atoms with E-state index in [0.717, 1.165) is 51.3 Å². The topological polar surface area (TPSA) is 54.8 Å². The van der Waals surface area contributed by atoms with Crippen molar-refractivity contribution in [2.45, 2.75) is 37.3 Å². The Morgan fingerprint density at radius 1 is 1.20 bits per heavy atom. The fraction of sp³-hybridized carbons (Fsp3) is 0.684. The molecule has 1 aromatic heterocycles. The lowest BCUT2D eigenvalue weighted by Crippen LogP contribution is -2.55. The molecule has 1 aromatic rings. The number of likely N-dealkylation sites (tertiary alicyclic amines) is 1. The molecule has 0 N–H and O–H groups in total. The lowest BCUT2D eigenvalue weighted by atomic mass is 9.77. The number of likely N-dealkylation sites (N-methyl/N-ethyl adjacent to an activating group) is 1. The molecule has 0 saturated carbocycles. The molecule has 0 spiro atoms. The Balaban J connectivity index is 1.72. The Kier molecular flexibility index (Phi) is 4.41. The number of aromatic nitrogens is 1. The molecule has 25 heavy (non-hydrogen) atoms. The van der Waals surface area contributed by atoms with Crippen LogP contribution < -0.4 is 5.56 Å². The maximum absolute atomic E-state index is 12.9. The van der Waals surface area contributed by atoms with Gasteiger partial charge < -0.3 is 9.64 Å². The summed E-state index contributed by atoms with van der Waals surface area (Å²) in [6.07, 6.45) is 3.12. The van der Waals surface area contributed by atoms with Crippen LogP contribution in [0.4, 0.5) is 0 Å². The fourth-order valence-corrected chi connectivity index (χ4v) is 4.90. The van der Waals surface area contributed by atoms with Gasteiger partial charge in [-0.1, -0.05) is 6.07 Å². The third-order valence-electron chi connectivity index (χ3n) is 6.08. The van der Waals surface area contributed by atoms with Gasteiger partial charge in [-0.25, -0.2) is 0 Å². The predicted molar refractivity (Wildman–Crippen MR) is 94.7 cm³/mol. The van der Waals surface area contributed by atoms with Crippen LogP contribution in [-0.2, 0) is 9.53 Å². The van der Waals surface area contributed by atoms with Gasteiger partial charge in [0.05, 0.1) is 0 Å². The second-order valence-corrected chi connectivity index (χ2v) is 7.83. The zero-order valence-corrected chi connectivity index (χ0v) is 15.1. The second kappa shape index (κ2) is 6.57. The van der Waals surface area contributed by atoms with Gasteiger partial charge in [0.1, 0.15) is 6.04 Å². The second-order valence-electron chi connectivity index (χ2n) is 7.83. The molecule has 6 heteroatoms. The van der Waals surface area contributed by atoms with Crippen molar-refractivity contribution in [2.24, 2.45) is 5.92 Å². The summed E-state index contributed by atoms with van der Waals surface area (Å²) in [7, 11) is 3.56. The minimum absolute atomic E-state index is 0.0341. The number of carbonyl (C=O) groups is 1. The molecule has 0 aromatic carbocycles. The van der Waals surface area contributed by atoms with Gasteiger partial charge in [-0.3, -0.25) is 19.1 Å². The number of nitrogens with zero attached hydrogens (tertiary/aromatic N) is 3. The normalized spacial score (nSPS) is 29.9. The molecule has 6 nitrogen and oxygen atoms in total. The highest BCUT2D eigenvalue weighted by Crippen LogP contribution is 2.42. The van der Waals surface area contributed by atoms with E-state index in [1.807, 2.05) is 12.1 Å². The van der Waals surface area contributed by atoms with E-state index >= 15 is 0 Å². The van der Waals surface area contributed by atoms with E-state index in [-0.39, 0.29) is 23.4 Å². The first-order chi connectivity index (χ1) is 12.1. The zero-order chi connectivity index (χ0) is 17.6. The molecule has 2 saturated heterocycles. The van der Waals surface area contributed by atoms with Gasteiger partial charge in [-0.15, -0.1) is 0 Å². The van der Waals surface area contributed by atoms with E-state index in [4.69, 9.17) is 4.74 Å². The number of hydrogen-bond acceptors (Lipinski definition) is 4. The number of rotatable bonds is 2. The Morgan fingerprint density at radius 2 is 1.96 bits per heavy atom. The van der Waals surface area contributed by atoms with Crippen LogP contribution in [0.3, 0.4) is 0 Å². The van der Waals surface area contributed by atoms with Crippen molar-refractivity contribution >= 4 is 5.91 Å². The van der Waals surface area contributed by atoms with E-state index in [1.54, 1.807) is 29.6 Å². The molecule has 3 atom stereocenters. The maximum atomic E-state index is 12.9. The number of fused-ring (bicyclic) bond motifs is 4. The van der Waals surface area contributed by atoms with Gasteiger partial charge in [0.25, 0.3) is 5.56 Å². The van der Waals surface area contributed by atoms with Crippen molar-refractivity contribution in [3.05, 3.63) is 34.2 Å². The minimum atomic E-state index is -0.377. The molecular formula is C19H27N3O3. The molecule has 3 aliphatic rings. The Labute approximate surface area is 148 Å². The molecule has 0 aliphatic carbocycles. The molecule has 4 rings (SSSR count). The largest absolute Gasteiger partial charge is 0.381 e. The summed E-state index contributed by atoms with van der Waals surface area (Å²) < 4.78 is 7.29. The minimum Gasteiger partial charge on any atom is -0.381 e. The smallest absolute Gasteiger partial charge is 0.251 e. The zero-order valence-electron chi connectivity index (χ0n) is 15.1. The summed E-state index contributed by atoms with van der Waals surface area (Å²) in [6, 6.07) is 5.61. The van der Waals surface area contributed by atoms with Crippen molar-refractivity contribution in [2.75, 3.05) is 40.4 Å². The van der Waals surface area contributed by atoms with Crippen LogP contribution in [0.2, 0.25) is 0 Å². The maximum Gasteiger partial charge on any atom is 0.251 e. The van der Waals surface area contributed by atoms with Gasteiger partial charge >= 0.3 is 0 Å². The van der Waals surface area contributed by atoms with Crippen LogP contribution in [-0.4, -0.2) is 66.7 Å². The van der Waals surface area contributed by atoms with Crippen LogP contribution in [0.15, 0.2) is 23.0 Å². The molecule has 3 aliphatic heterocycles. The number of ether oxygens (including phenoxy) is 1. The monoisotopic (exact) mass is 345 g/mol.